The Kier molecular flexibility index (Phi) is 7.42. The Morgan fingerprint density at radius 3 is 2.03 bits per heavy atom. The molecule has 1 aromatic heterocycles. The Hall–Kier alpha value is -1.89. The number of rotatable bonds is 6. The second-order valence-corrected chi connectivity index (χ2v) is 9.24. The second-order valence-electron chi connectivity index (χ2n) is 8.36. The van der Waals surface area contributed by atoms with Gasteiger partial charge < -0.3 is 4.90 Å². The lowest BCUT2D eigenvalue weighted by Crippen LogP contribution is -2.51. The van der Waals surface area contributed by atoms with Crippen molar-refractivity contribution in [2.24, 2.45) is 5.92 Å². The molecule has 5 nitrogen and oxygen atoms in total. The van der Waals surface area contributed by atoms with Crippen LogP contribution < -0.4 is 0 Å². The maximum absolute atomic E-state index is 13.0. The van der Waals surface area contributed by atoms with Crippen molar-refractivity contribution in [3.63, 3.8) is 0 Å². The number of benzene rings is 1. The number of carbonyl (C=O) groups is 1. The maximum Gasteiger partial charge on any atom is 0.225 e. The Balaban J connectivity index is 1.20. The molecule has 0 bridgehead atoms. The third-order valence-electron chi connectivity index (χ3n) is 6.34. The van der Waals surface area contributed by atoms with Gasteiger partial charge >= 0.3 is 0 Å². The van der Waals surface area contributed by atoms with Gasteiger partial charge in [0.15, 0.2) is 0 Å². The van der Waals surface area contributed by atoms with Crippen LogP contribution in [0.25, 0.3) is 0 Å². The molecule has 30 heavy (non-hydrogen) atoms. The van der Waals surface area contributed by atoms with E-state index in [1.165, 1.54) is 16.0 Å². The van der Waals surface area contributed by atoms with Crippen LogP contribution in [0.1, 0.15) is 24.0 Å². The van der Waals surface area contributed by atoms with Gasteiger partial charge in [-0.05, 0) is 67.6 Å². The summed E-state index contributed by atoms with van der Waals surface area (Å²) in [4.78, 5) is 25.5. The van der Waals surface area contributed by atoms with Gasteiger partial charge in [-0.25, -0.2) is 0 Å². The van der Waals surface area contributed by atoms with E-state index >= 15 is 0 Å². The van der Waals surface area contributed by atoms with E-state index in [9.17, 15) is 4.79 Å². The largest absolute Gasteiger partial charge is 0.340 e. The van der Waals surface area contributed by atoms with Gasteiger partial charge in [-0.2, -0.15) is 0 Å². The van der Waals surface area contributed by atoms with E-state index in [0.717, 1.165) is 65.2 Å². The number of piperidine rings is 1. The molecule has 0 aliphatic carbocycles. The highest BCUT2D eigenvalue weighted by Crippen LogP contribution is 2.22. The lowest BCUT2D eigenvalue weighted by molar-refractivity contribution is -0.139. The molecule has 0 saturated carbocycles. The molecule has 160 valence electrons. The molecule has 3 heterocycles. The Morgan fingerprint density at radius 2 is 1.43 bits per heavy atom. The smallest absolute Gasteiger partial charge is 0.225 e. The summed E-state index contributed by atoms with van der Waals surface area (Å²) in [7, 11) is 0. The number of likely N-dealkylation sites (tertiary alicyclic amines) is 1. The molecule has 2 aliphatic rings. The van der Waals surface area contributed by atoms with Crippen LogP contribution in [0.4, 0.5) is 0 Å². The monoisotopic (exact) mass is 424 g/mol. The first-order valence-electron chi connectivity index (χ1n) is 11.0. The Labute approximate surface area is 184 Å². The van der Waals surface area contributed by atoms with Crippen LogP contribution in [-0.4, -0.2) is 71.1 Å². The lowest BCUT2D eigenvalue weighted by Gasteiger charge is -2.38. The van der Waals surface area contributed by atoms with E-state index < -0.39 is 0 Å². The predicted octanol–water partition coefficient (Wildman–Crippen LogP) is 3.36. The molecular weight excluding hydrogens is 392 g/mol. The van der Waals surface area contributed by atoms with Gasteiger partial charge in [0.1, 0.15) is 0 Å². The van der Waals surface area contributed by atoms with E-state index in [1.54, 1.807) is 11.8 Å². The van der Waals surface area contributed by atoms with Gasteiger partial charge in [0.25, 0.3) is 0 Å². The zero-order valence-corrected chi connectivity index (χ0v) is 18.7. The summed E-state index contributed by atoms with van der Waals surface area (Å²) in [6.07, 6.45) is 7.77. The normalized spacial score (nSPS) is 19.2. The molecule has 1 amide bonds. The molecule has 0 atom stereocenters. The SMILES string of the molecule is CSc1ccc(CN2CCN(C(=O)C3CCN(Cc4ccncc4)CC3)CC2)cc1. The Morgan fingerprint density at radius 1 is 0.867 bits per heavy atom. The average Bonchev–Trinajstić information content (AvgIpc) is 2.81. The minimum absolute atomic E-state index is 0.198. The van der Waals surface area contributed by atoms with E-state index in [1.807, 2.05) is 12.4 Å². The maximum atomic E-state index is 13.0. The number of nitrogens with zero attached hydrogens (tertiary/aromatic N) is 4. The third-order valence-corrected chi connectivity index (χ3v) is 7.09. The first-order chi connectivity index (χ1) is 14.7. The standard InChI is InChI=1S/C24H32N4OS/c1-30-23-4-2-20(3-5-23)18-27-14-16-28(17-15-27)24(29)22-8-12-26(13-9-22)19-21-6-10-25-11-7-21/h2-7,10-11,22H,8-9,12-19H2,1H3. The zero-order valence-electron chi connectivity index (χ0n) is 17.9. The first kappa shape index (κ1) is 21.3. The van der Waals surface area contributed by atoms with Crippen LogP contribution in [0.15, 0.2) is 53.7 Å². The second kappa shape index (κ2) is 10.4. The van der Waals surface area contributed by atoms with Crippen LogP contribution in [-0.2, 0) is 17.9 Å². The highest BCUT2D eigenvalue weighted by Gasteiger charge is 2.30. The molecule has 0 radical (unpaired) electrons. The molecule has 1 aromatic carbocycles. The fourth-order valence-corrected chi connectivity index (χ4v) is 4.87. The number of thioether (sulfide) groups is 1. The van der Waals surface area contributed by atoms with Gasteiger partial charge in [0.2, 0.25) is 5.91 Å². The van der Waals surface area contributed by atoms with E-state index in [2.05, 4.69) is 62.3 Å². The average molecular weight is 425 g/mol. The van der Waals surface area contributed by atoms with E-state index in [0.29, 0.717) is 5.91 Å². The van der Waals surface area contributed by atoms with E-state index in [4.69, 9.17) is 0 Å². The van der Waals surface area contributed by atoms with Gasteiger partial charge in [0, 0.05) is 62.5 Å². The Bertz CT molecular complexity index is 798. The molecule has 0 spiro atoms. The molecule has 2 saturated heterocycles. The predicted molar refractivity (Wildman–Crippen MR) is 122 cm³/mol. The van der Waals surface area contributed by atoms with Crippen molar-refractivity contribution in [2.45, 2.75) is 30.8 Å². The molecule has 2 aromatic rings. The minimum Gasteiger partial charge on any atom is -0.340 e. The molecule has 0 N–H and O–H groups in total. The summed E-state index contributed by atoms with van der Waals surface area (Å²) in [5, 5.41) is 0. The van der Waals surface area contributed by atoms with Crippen LogP contribution in [0.5, 0.6) is 0 Å². The van der Waals surface area contributed by atoms with Crippen LogP contribution in [0.3, 0.4) is 0 Å². The summed E-state index contributed by atoms with van der Waals surface area (Å²) >= 11 is 1.78. The molecule has 2 fully saturated rings. The molecule has 4 rings (SSSR count). The fourth-order valence-electron chi connectivity index (χ4n) is 4.46. The zero-order chi connectivity index (χ0) is 20.8. The number of hydrogen-bond donors (Lipinski definition) is 0. The fraction of sp³-hybridized carbons (Fsp3) is 0.500. The van der Waals surface area contributed by atoms with Gasteiger partial charge in [0.05, 0.1) is 0 Å². The number of hydrogen-bond acceptors (Lipinski definition) is 5. The molecule has 0 unspecified atom stereocenters. The molecule has 6 heteroatoms. The van der Waals surface area contributed by atoms with Crippen molar-refractivity contribution < 1.29 is 4.79 Å². The van der Waals surface area contributed by atoms with Crippen molar-refractivity contribution >= 4 is 17.7 Å². The van der Waals surface area contributed by atoms with E-state index in [-0.39, 0.29) is 5.92 Å². The van der Waals surface area contributed by atoms with Crippen LogP contribution in [0, 0.1) is 5.92 Å². The van der Waals surface area contributed by atoms with Crippen molar-refractivity contribution in [3.8, 4) is 0 Å². The first-order valence-corrected chi connectivity index (χ1v) is 12.2. The van der Waals surface area contributed by atoms with Gasteiger partial charge in [-0.3, -0.25) is 19.6 Å². The van der Waals surface area contributed by atoms with Crippen LogP contribution >= 0.6 is 11.8 Å². The lowest BCUT2D eigenvalue weighted by atomic mass is 9.94. The highest BCUT2D eigenvalue weighted by atomic mass is 32.2. The quantitative estimate of drug-likeness (QED) is 0.665. The summed E-state index contributed by atoms with van der Waals surface area (Å²) in [5.74, 6) is 0.576. The topological polar surface area (TPSA) is 39.7 Å². The van der Waals surface area contributed by atoms with Crippen molar-refractivity contribution in [3.05, 3.63) is 59.9 Å². The van der Waals surface area contributed by atoms with Crippen LogP contribution in [0.2, 0.25) is 0 Å². The van der Waals surface area contributed by atoms with Crippen molar-refractivity contribution in [1.82, 2.24) is 19.7 Å². The number of amides is 1. The minimum atomic E-state index is 0.198. The van der Waals surface area contributed by atoms with Crippen molar-refractivity contribution in [2.75, 3.05) is 45.5 Å². The summed E-state index contributed by atoms with van der Waals surface area (Å²) in [6, 6.07) is 13.0. The van der Waals surface area contributed by atoms with Gasteiger partial charge in [-0.15, -0.1) is 11.8 Å². The summed E-state index contributed by atoms with van der Waals surface area (Å²) in [6.45, 7) is 7.60. The summed E-state index contributed by atoms with van der Waals surface area (Å²) in [5.41, 5.74) is 2.66. The highest BCUT2D eigenvalue weighted by molar-refractivity contribution is 7.98. The summed E-state index contributed by atoms with van der Waals surface area (Å²) < 4.78 is 0. The third kappa shape index (κ3) is 5.62. The van der Waals surface area contributed by atoms with Gasteiger partial charge in [-0.1, -0.05) is 12.1 Å². The number of piperazine rings is 1. The molecule has 2 aliphatic heterocycles. The number of pyridine rings is 1. The molecular formula is C24H32N4OS. The van der Waals surface area contributed by atoms with Crippen molar-refractivity contribution in [1.29, 1.82) is 0 Å². The number of carbonyl (C=O) groups excluding carboxylic acids is 1. The number of aromatic nitrogens is 1.